The number of rotatable bonds is 2. The van der Waals surface area contributed by atoms with Gasteiger partial charge in [-0.05, 0) is 18.4 Å². The van der Waals surface area contributed by atoms with E-state index in [1.54, 1.807) is 0 Å². The maximum absolute atomic E-state index is 12.5. The summed E-state index contributed by atoms with van der Waals surface area (Å²) in [5.41, 5.74) is 1.95. The van der Waals surface area contributed by atoms with Gasteiger partial charge in [-0.15, -0.1) is 0 Å². The van der Waals surface area contributed by atoms with Crippen molar-refractivity contribution in [3.8, 4) is 0 Å². The van der Waals surface area contributed by atoms with Crippen molar-refractivity contribution in [2.24, 2.45) is 5.16 Å². The molecule has 1 saturated carbocycles. The molecule has 134 valence electrons. The third-order valence-corrected chi connectivity index (χ3v) is 5.84. The molecule has 3 aliphatic rings. The highest BCUT2D eigenvalue weighted by Crippen LogP contribution is 2.36. The van der Waals surface area contributed by atoms with E-state index in [1.807, 2.05) is 23.1 Å². The van der Waals surface area contributed by atoms with Crippen LogP contribution in [0.3, 0.4) is 0 Å². The Kier molecular flexibility index (Phi) is 4.64. The maximum atomic E-state index is 12.5. The fraction of sp³-hybridized carbons (Fsp3) is 0.600. The van der Waals surface area contributed by atoms with Crippen LogP contribution in [0.15, 0.2) is 35.5 Å². The van der Waals surface area contributed by atoms with Gasteiger partial charge in [-0.1, -0.05) is 54.8 Å². The normalized spacial score (nSPS) is 23.2. The van der Waals surface area contributed by atoms with Crippen LogP contribution in [0.5, 0.6) is 0 Å². The number of piperidine rings is 1. The third kappa shape index (κ3) is 3.65. The number of carbonyl (C=O) groups is 1. The van der Waals surface area contributed by atoms with Crippen LogP contribution in [-0.4, -0.2) is 41.4 Å². The molecule has 0 bridgehead atoms. The summed E-state index contributed by atoms with van der Waals surface area (Å²) in [6.45, 7) is 1.49. The fourth-order valence-corrected chi connectivity index (χ4v) is 4.21. The molecule has 4 rings (SSSR count). The van der Waals surface area contributed by atoms with Crippen LogP contribution < -0.4 is 5.32 Å². The Bertz CT molecular complexity index is 630. The van der Waals surface area contributed by atoms with Gasteiger partial charge in [0, 0.05) is 38.4 Å². The quantitative estimate of drug-likeness (QED) is 0.892. The highest BCUT2D eigenvalue weighted by atomic mass is 16.7. The molecule has 2 fully saturated rings. The Morgan fingerprint density at radius 1 is 1.12 bits per heavy atom. The van der Waals surface area contributed by atoms with Gasteiger partial charge in [0.25, 0.3) is 0 Å². The number of likely N-dealkylation sites (tertiary alicyclic amines) is 1. The zero-order valence-corrected chi connectivity index (χ0v) is 14.7. The number of benzene rings is 1. The number of carbonyl (C=O) groups excluding carboxylic acids is 1. The Hall–Kier alpha value is -2.04. The highest BCUT2D eigenvalue weighted by molar-refractivity contribution is 6.01. The van der Waals surface area contributed by atoms with Crippen molar-refractivity contribution in [2.45, 2.75) is 63.0 Å². The number of urea groups is 1. The first-order valence-electron chi connectivity index (χ1n) is 9.60. The van der Waals surface area contributed by atoms with E-state index in [1.165, 1.54) is 19.3 Å². The summed E-state index contributed by atoms with van der Waals surface area (Å²) in [5, 5.41) is 7.56. The lowest BCUT2D eigenvalue weighted by atomic mass is 9.85. The molecule has 2 heterocycles. The van der Waals surface area contributed by atoms with E-state index in [2.05, 4.69) is 22.6 Å². The second-order valence-corrected chi connectivity index (χ2v) is 7.63. The molecular weight excluding hydrogens is 314 g/mol. The van der Waals surface area contributed by atoms with Gasteiger partial charge in [0.1, 0.15) is 5.60 Å². The van der Waals surface area contributed by atoms with Gasteiger partial charge in [-0.2, -0.15) is 0 Å². The lowest BCUT2D eigenvalue weighted by Gasteiger charge is -2.38. The van der Waals surface area contributed by atoms with E-state index >= 15 is 0 Å². The molecule has 2 aliphatic heterocycles. The van der Waals surface area contributed by atoms with Crippen LogP contribution in [0.4, 0.5) is 4.79 Å². The summed E-state index contributed by atoms with van der Waals surface area (Å²) >= 11 is 0. The van der Waals surface area contributed by atoms with Crippen molar-refractivity contribution in [1.29, 1.82) is 0 Å². The Balaban J connectivity index is 1.29. The molecule has 1 saturated heterocycles. The summed E-state index contributed by atoms with van der Waals surface area (Å²) in [7, 11) is 0. The zero-order chi connectivity index (χ0) is 17.1. The summed E-state index contributed by atoms with van der Waals surface area (Å²) in [6, 6.07) is 10.7. The largest absolute Gasteiger partial charge is 0.388 e. The molecule has 1 aliphatic carbocycles. The Labute approximate surface area is 149 Å². The predicted molar refractivity (Wildman–Crippen MR) is 97.6 cm³/mol. The number of oxime groups is 1. The number of hydrogen-bond donors (Lipinski definition) is 1. The maximum Gasteiger partial charge on any atom is 0.317 e. The summed E-state index contributed by atoms with van der Waals surface area (Å²) < 4.78 is 0. The monoisotopic (exact) mass is 341 g/mol. The smallest absolute Gasteiger partial charge is 0.317 e. The van der Waals surface area contributed by atoms with Crippen LogP contribution in [0.1, 0.15) is 56.9 Å². The van der Waals surface area contributed by atoms with Crippen LogP contribution in [0.2, 0.25) is 0 Å². The molecule has 1 spiro atoms. The van der Waals surface area contributed by atoms with Crippen molar-refractivity contribution >= 4 is 11.7 Å². The molecule has 1 aromatic rings. The van der Waals surface area contributed by atoms with E-state index in [-0.39, 0.29) is 11.6 Å². The number of amides is 2. The standard InChI is InChI=1S/C20H27N3O2/c24-19(21-17-9-5-2-6-10-17)23-13-11-20(12-14-23)15-18(22-25-20)16-7-3-1-4-8-16/h1,3-4,7-8,17H,2,5-6,9-15H2,(H,21,24). The second-order valence-electron chi connectivity index (χ2n) is 7.63. The lowest BCUT2D eigenvalue weighted by molar-refractivity contribution is -0.0551. The number of nitrogens with zero attached hydrogens (tertiary/aromatic N) is 2. The van der Waals surface area contributed by atoms with Crippen molar-refractivity contribution in [1.82, 2.24) is 10.2 Å². The number of nitrogens with one attached hydrogen (secondary N) is 1. The van der Waals surface area contributed by atoms with E-state index < -0.39 is 0 Å². The predicted octanol–water partition coefficient (Wildman–Crippen LogP) is 3.69. The first kappa shape index (κ1) is 16.4. The molecule has 0 radical (unpaired) electrons. The first-order valence-corrected chi connectivity index (χ1v) is 9.60. The molecule has 1 N–H and O–H groups in total. The molecule has 2 amide bonds. The fourth-order valence-electron chi connectivity index (χ4n) is 4.21. The van der Waals surface area contributed by atoms with Crippen LogP contribution >= 0.6 is 0 Å². The van der Waals surface area contributed by atoms with Crippen molar-refractivity contribution in [3.63, 3.8) is 0 Å². The minimum Gasteiger partial charge on any atom is -0.388 e. The van der Waals surface area contributed by atoms with Gasteiger partial charge >= 0.3 is 6.03 Å². The van der Waals surface area contributed by atoms with Crippen molar-refractivity contribution in [2.75, 3.05) is 13.1 Å². The molecule has 0 atom stereocenters. The molecule has 1 aromatic carbocycles. The molecule has 0 aromatic heterocycles. The van der Waals surface area contributed by atoms with Crippen LogP contribution in [0.25, 0.3) is 0 Å². The summed E-state index contributed by atoms with van der Waals surface area (Å²) in [4.78, 5) is 20.3. The highest BCUT2D eigenvalue weighted by Gasteiger charge is 2.43. The molecule has 25 heavy (non-hydrogen) atoms. The Morgan fingerprint density at radius 2 is 1.84 bits per heavy atom. The van der Waals surface area contributed by atoms with Gasteiger partial charge in [0.15, 0.2) is 0 Å². The van der Waals surface area contributed by atoms with E-state index in [0.29, 0.717) is 6.04 Å². The zero-order valence-electron chi connectivity index (χ0n) is 14.7. The lowest BCUT2D eigenvalue weighted by Crippen LogP contribution is -2.52. The SMILES string of the molecule is O=C(NC1CCCCC1)N1CCC2(CC1)CC(c1ccccc1)=NO2. The molecular formula is C20H27N3O2. The van der Waals surface area contributed by atoms with E-state index in [0.717, 1.165) is 56.5 Å². The van der Waals surface area contributed by atoms with Crippen molar-refractivity contribution < 1.29 is 9.63 Å². The van der Waals surface area contributed by atoms with Gasteiger partial charge in [0.05, 0.1) is 5.71 Å². The minimum absolute atomic E-state index is 0.101. The third-order valence-electron chi connectivity index (χ3n) is 5.84. The van der Waals surface area contributed by atoms with E-state index in [4.69, 9.17) is 4.84 Å². The average Bonchev–Trinajstić information content (AvgIpc) is 3.07. The first-order chi connectivity index (χ1) is 12.2. The van der Waals surface area contributed by atoms with Crippen LogP contribution in [-0.2, 0) is 4.84 Å². The summed E-state index contributed by atoms with van der Waals surface area (Å²) in [6.07, 6.45) is 8.58. The van der Waals surface area contributed by atoms with Gasteiger partial charge in [0.2, 0.25) is 0 Å². The van der Waals surface area contributed by atoms with Gasteiger partial charge in [-0.25, -0.2) is 4.79 Å². The number of hydrogen-bond acceptors (Lipinski definition) is 3. The average molecular weight is 341 g/mol. The Morgan fingerprint density at radius 3 is 2.56 bits per heavy atom. The second kappa shape index (κ2) is 7.06. The topological polar surface area (TPSA) is 53.9 Å². The summed E-state index contributed by atoms with van der Waals surface area (Å²) in [5.74, 6) is 0. The van der Waals surface area contributed by atoms with Crippen molar-refractivity contribution in [3.05, 3.63) is 35.9 Å². The molecule has 0 unspecified atom stereocenters. The van der Waals surface area contributed by atoms with E-state index in [9.17, 15) is 4.79 Å². The van der Waals surface area contributed by atoms with Gasteiger partial charge in [-0.3, -0.25) is 0 Å². The van der Waals surface area contributed by atoms with Gasteiger partial charge < -0.3 is 15.1 Å². The van der Waals surface area contributed by atoms with Crippen LogP contribution in [0, 0.1) is 0 Å². The molecule has 5 nitrogen and oxygen atoms in total. The molecule has 5 heteroatoms. The minimum atomic E-state index is -0.215.